The average molecular weight is 287 g/mol. The molecule has 112 valence electrons. The minimum absolute atomic E-state index is 0.471. The number of imidazole rings is 1. The van der Waals surface area contributed by atoms with Crippen LogP contribution in [-0.2, 0) is 24.8 Å². The molecule has 6 nitrogen and oxygen atoms in total. The quantitative estimate of drug-likeness (QED) is 0.836. The molecule has 1 unspecified atom stereocenters. The van der Waals surface area contributed by atoms with Crippen LogP contribution in [0.5, 0.6) is 0 Å². The second kappa shape index (κ2) is 6.78. The van der Waals surface area contributed by atoms with E-state index < -0.39 is 0 Å². The molecule has 1 fully saturated rings. The monoisotopic (exact) mass is 287 g/mol. The first-order valence-electron chi connectivity index (χ1n) is 7.31. The highest BCUT2D eigenvalue weighted by molar-refractivity contribution is 5.04. The molecule has 0 aromatic carbocycles. The molecule has 2 aromatic heterocycles. The Balaban J connectivity index is 1.62. The predicted octanol–water partition coefficient (Wildman–Crippen LogP) is 0.901. The SMILES string of the molecule is Cn1ccnc1CN1CCOCC(Cc2cncnc2)C1. The van der Waals surface area contributed by atoms with Crippen molar-refractivity contribution in [3.8, 4) is 0 Å². The van der Waals surface area contributed by atoms with Gasteiger partial charge in [0.2, 0.25) is 0 Å². The number of nitrogens with zero attached hydrogens (tertiary/aromatic N) is 5. The second-order valence-corrected chi connectivity index (χ2v) is 5.58. The van der Waals surface area contributed by atoms with Crippen molar-refractivity contribution < 1.29 is 4.74 Å². The van der Waals surface area contributed by atoms with Crippen molar-refractivity contribution in [2.24, 2.45) is 13.0 Å². The van der Waals surface area contributed by atoms with Crippen LogP contribution in [0.1, 0.15) is 11.4 Å². The first-order chi connectivity index (χ1) is 10.3. The lowest BCUT2D eigenvalue weighted by molar-refractivity contribution is 0.121. The van der Waals surface area contributed by atoms with Crippen LogP contribution in [0.3, 0.4) is 0 Å². The highest BCUT2D eigenvalue weighted by atomic mass is 16.5. The fourth-order valence-electron chi connectivity index (χ4n) is 2.74. The number of rotatable bonds is 4. The van der Waals surface area contributed by atoms with Gasteiger partial charge in [-0.25, -0.2) is 15.0 Å². The Hall–Kier alpha value is -1.79. The molecule has 1 aliphatic rings. The van der Waals surface area contributed by atoms with E-state index in [1.165, 1.54) is 5.56 Å². The van der Waals surface area contributed by atoms with E-state index in [1.54, 1.807) is 6.33 Å². The van der Waals surface area contributed by atoms with Gasteiger partial charge in [-0.1, -0.05) is 0 Å². The van der Waals surface area contributed by atoms with Crippen LogP contribution in [0.2, 0.25) is 0 Å². The van der Waals surface area contributed by atoms with E-state index in [0.717, 1.165) is 45.1 Å². The Morgan fingerprint density at radius 1 is 1.33 bits per heavy atom. The molecule has 0 bridgehead atoms. The highest BCUT2D eigenvalue weighted by Crippen LogP contribution is 2.14. The Morgan fingerprint density at radius 3 is 2.95 bits per heavy atom. The third kappa shape index (κ3) is 3.86. The van der Waals surface area contributed by atoms with Gasteiger partial charge in [-0.2, -0.15) is 0 Å². The maximum atomic E-state index is 5.75. The first-order valence-corrected chi connectivity index (χ1v) is 7.31. The zero-order chi connectivity index (χ0) is 14.5. The predicted molar refractivity (Wildman–Crippen MR) is 78.5 cm³/mol. The number of ether oxygens (including phenoxy) is 1. The molecular formula is C15H21N5O. The normalized spacial score (nSPS) is 20.3. The highest BCUT2D eigenvalue weighted by Gasteiger charge is 2.20. The van der Waals surface area contributed by atoms with Crippen LogP contribution in [0, 0.1) is 5.92 Å². The summed E-state index contributed by atoms with van der Waals surface area (Å²) < 4.78 is 7.82. The van der Waals surface area contributed by atoms with Crippen molar-refractivity contribution in [3.63, 3.8) is 0 Å². The van der Waals surface area contributed by atoms with Gasteiger partial charge < -0.3 is 9.30 Å². The summed E-state index contributed by atoms with van der Waals surface area (Å²) in [5.41, 5.74) is 1.17. The Labute approximate surface area is 124 Å². The van der Waals surface area contributed by atoms with Crippen LogP contribution in [0.25, 0.3) is 0 Å². The van der Waals surface area contributed by atoms with Gasteiger partial charge in [0.15, 0.2) is 0 Å². The van der Waals surface area contributed by atoms with E-state index in [1.807, 2.05) is 31.8 Å². The maximum absolute atomic E-state index is 5.75. The van der Waals surface area contributed by atoms with Crippen LogP contribution in [0.4, 0.5) is 0 Å². The van der Waals surface area contributed by atoms with Crippen molar-refractivity contribution in [1.29, 1.82) is 0 Å². The fraction of sp³-hybridized carbons (Fsp3) is 0.533. The van der Waals surface area contributed by atoms with E-state index in [-0.39, 0.29) is 0 Å². The van der Waals surface area contributed by atoms with Gasteiger partial charge >= 0.3 is 0 Å². The lowest BCUT2D eigenvalue weighted by Crippen LogP contribution is -2.31. The van der Waals surface area contributed by atoms with E-state index in [0.29, 0.717) is 5.92 Å². The van der Waals surface area contributed by atoms with Crippen LogP contribution >= 0.6 is 0 Å². The summed E-state index contributed by atoms with van der Waals surface area (Å²) in [5.74, 6) is 1.57. The lowest BCUT2D eigenvalue weighted by Gasteiger charge is -2.22. The molecule has 3 rings (SSSR count). The molecule has 6 heteroatoms. The van der Waals surface area contributed by atoms with Crippen molar-refractivity contribution >= 4 is 0 Å². The molecule has 21 heavy (non-hydrogen) atoms. The Morgan fingerprint density at radius 2 is 2.19 bits per heavy atom. The Kier molecular flexibility index (Phi) is 4.57. The molecular weight excluding hydrogens is 266 g/mol. The molecule has 0 amide bonds. The van der Waals surface area contributed by atoms with Crippen molar-refractivity contribution in [2.75, 3.05) is 26.3 Å². The standard InChI is InChI=1S/C15H21N5O/c1-19-3-2-18-15(19)10-20-4-5-21-11-14(9-20)6-13-7-16-12-17-8-13/h2-3,7-8,12,14H,4-6,9-11H2,1H3. The van der Waals surface area contributed by atoms with Crippen LogP contribution in [0.15, 0.2) is 31.1 Å². The fourth-order valence-corrected chi connectivity index (χ4v) is 2.74. The first kappa shape index (κ1) is 14.2. The van der Waals surface area contributed by atoms with Gasteiger partial charge in [0.25, 0.3) is 0 Å². The molecule has 0 aliphatic carbocycles. The lowest BCUT2D eigenvalue weighted by atomic mass is 10.0. The molecule has 1 atom stereocenters. The van der Waals surface area contributed by atoms with Gasteiger partial charge in [0, 0.05) is 44.9 Å². The van der Waals surface area contributed by atoms with E-state index in [2.05, 4.69) is 24.4 Å². The summed E-state index contributed by atoms with van der Waals surface area (Å²) >= 11 is 0. The number of hydrogen-bond acceptors (Lipinski definition) is 5. The third-order valence-corrected chi connectivity index (χ3v) is 3.85. The summed E-state index contributed by atoms with van der Waals surface area (Å²) in [6, 6.07) is 0. The number of hydrogen-bond donors (Lipinski definition) is 0. The summed E-state index contributed by atoms with van der Waals surface area (Å²) in [6.45, 7) is 4.42. The summed E-state index contributed by atoms with van der Waals surface area (Å²) in [5, 5.41) is 0. The molecule has 1 saturated heterocycles. The molecule has 3 heterocycles. The van der Waals surface area contributed by atoms with Gasteiger partial charge in [-0.3, -0.25) is 4.90 Å². The van der Waals surface area contributed by atoms with E-state index in [9.17, 15) is 0 Å². The largest absolute Gasteiger partial charge is 0.380 e. The van der Waals surface area contributed by atoms with Crippen LogP contribution < -0.4 is 0 Å². The van der Waals surface area contributed by atoms with E-state index in [4.69, 9.17) is 4.74 Å². The van der Waals surface area contributed by atoms with Gasteiger partial charge in [0.1, 0.15) is 12.2 Å². The smallest absolute Gasteiger partial charge is 0.122 e. The average Bonchev–Trinajstić information content (AvgIpc) is 2.76. The minimum Gasteiger partial charge on any atom is -0.380 e. The summed E-state index contributed by atoms with van der Waals surface area (Å²) in [6.07, 6.45) is 10.1. The zero-order valence-corrected chi connectivity index (χ0v) is 12.4. The number of aryl methyl sites for hydroxylation is 1. The van der Waals surface area contributed by atoms with Crippen molar-refractivity contribution in [2.45, 2.75) is 13.0 Å². The molecule has 0 saturated carbocycles. The second-order valence-electron chi connectivity index (χ2n) is 5.58. The Bertz CT molecular complexity index is 556. The minimum atomic E-state index is 0.471. The summed E-state index contributed by atoms with van der Waals surface area (Å²) in [7, 11) is 2.04. The van der Waals surface area contributed by atoms with Gasteiger partial charge in [-0.15, -0.1) is 0 Å². The zero-order valence-electron chi connectivity index (χ0n) is 12.4. The third-order valence-electron chi connectivity index (χ3n) is 3.85. The topological polar surface area (TPSA) is 56.1 Å². The molecule has 0 radical (unpaired) electrons. The van der Waals surface area contributed by atoms with Crippen LogP contribution in [-0.4, -0.2) is 50.7 Å². The molecule has 1 aliphatic heterocycles. The number of aromatic nitrogens is 4. The van der Waals surface area contributed by atoms with Crippen molar-refractivity contribution in [1.82, 2.24) is 24.4 Å². The van der Waals surface area contributed by atoms with Gasteiger partial charge in [0.05, 0.1) is 19.8 Å². The molecule has 2 aromatic rings. The summed E-state index contributed by atoms with van der Waals surface area (Å²) in [4.78, 5) is 15.0. The van der Waals surface area contributed by atoms with Gasteiger partial charge in [-0.05, 0) is 17.9 Å². The molecule has 0 N–H and O–H groups in total. The van der Waals surface area contributed by atoms with Crippen molar-refractivity contribution in [3.05, 3.63) is 42.5 Å². The van der Waals surface area contributed by atoms with E-state index >= 15 is 0 Å². The molecule has 0 spiro atoms. The maximum Gasteiger partial charge on any atom is 0.122 e.